The summed E-state index contributed by atoms with van der Waals surface area (Å²) in [5.41, 5.74) is 0.984. The van der Waals surface area contributed by atoms with Crippen LogP contribution in [-0.4, -0.2) is 28.0 Å². The van der Waals surface area contributed by atoms with Crippen LogP contribution in [0.15, 0.2) is 36.7 Å². The third-order valence-corrected chi connectivity index (χ3v) is 3.78. The number of hydrogen-bond donors (Lipinski definition) is 1. The summed E-state index contributed by atoms with van der Waals surface area (Å²) in [6.45, 7) is 5.10. The quantitative estimate of drug-likeness (QED) is 0.935. The van der Waals surface area contributed by atoms with Crippen molar-refractivity contribution in [3.05, 3.63) is 42.4 Å². The van der Waals surface area contributed by atoms with Crippen molar-refractivity contribution in [2.24, 2.45) is 5.92 Å². The monoisotopic (exact) mass is 283 g/mol. The van der Waals surface area contributed by atoms with Crippen molar-refractivity contribution < 1.29 is 0 Å². The second-order valence-corrected chi connectivity index (χ2v) is 5.61. The van der Waals surface area contributed by atoms with Gasteiger partial charge in [-0.3, -0.25) is 4.98 Å². The molecule has 1 N–H and O–H groups in total. The fraction of sp³-hybridized carbons (Fsp3) is 0.438. The molecule has 1 unspecified atom stereocenters. The van der Waals surface area contributed by atoms with Crippen molar-refractivity contribution in [3.8, 4) is 0 Å². The fourth-order valence-electron chi connectivity index (χ4n) is 2.68. The van der Waals surface area contributed by atoms with Gasteiger partial charge in [-0.2, -0.15) is 4.98 Å². The topological polar surface area (TPSA) is 53.9 Å². The Morgan fingerprint density at radius 2 is 2.19 bits per heavy atom. The summed E-state index contributed by atoms with van der Waals surface area (Å²) in [4.78, 5) is 15.6. The van der Waals surface area contributed by atoms with E-state index in [9.17, 15) is 0 Å². The van der Waals surface area contributed by atoms with Crippen LogP contribution in [0, 0.1) is 5.92 Å². The van der Waals surface area contributed by atoms with Gasteiger partial charge >= 0.3 is 0 Å². The number of pyridine rings is 1. The van der Waals surface area contributed by atoms with Gasteiger partial charge < -0.3 is 10.2 Å². The molecule has 110 valence electrons. The predicted molar refractivity (Wildman–Crippen MR) is 84.2 cm³/mol. The lowest BCUT2D eigenvalue weighted by Gasteiger charge is -2.31. The predicted octanol–water partition coefficient (Wildman–Crippen LogP) is 2.72. The first-order valence-electron chi connectivity index (χ1n) is 7.53. The minimum Gasteiger partial charge on any atom is -0.356 e. The van der Waals surface area contributed by atoms with Gasteiger partial charge in [-0.25, -0.2) is 4.98 Å². The first-order valence-corrected chi connectivity index (χ1v) is 7.53. The highest BCUT2D eigenvalue weighted by molar-refractivity contribution is 5.43. The van der Waals surface area contributed by atoms with Gasteiger partial charge in [0.2, 0.25) is 5.95 Å². The SMILES string of the molecule is CC1CCCN(c2ccnc(NCc3ccccn3)n2)C1. The highest BCUT2D eigenvalue weighted by Gasteiger charge is 2.17. The number of nitrogens with one attached hydrogen (secondary N) is 1. The highest BCUT2D eigenvalue weighted by atomic mass is 15.2. The molecule has 2 aromatic rings. The summed E-state index contributed by atoms with van der Waals surface area (Å²) < 4.78 is 0. The maximum atomic E-state index is 4.62. The van der Waals surface area contributed by atoms with E-state index < -0.39 is 0 Å². The smallest absolute Gasteiger partial charge is 0.224 e. The van der Waals surface area contributed by atoms with Gasteiger partial charge in [0.1, 0.15) is 5.82 Å². The largest absolute Gasteiger partial charge is 0.356 e. The normalized spacial score (nSPS) is 18.5. The molecule has 0 amide bonds. The van der Waals surface area contributed by atoms with E-state index in [0.717, 1.165) is 30.5 Å². The van der Waals surface area contributed by atoms with Crippen molar-refractivity contribution >= 4 is 11.8 Å². The molecule has 5 heteroatoms. The second kappa shape index (κ2) is 6.52. The van der Waals surface area contributed by atoms with Gasteiger partial charge in [-0.15, -0.1) is 0 Å². The minimum atomic E-state index is 0.640. The van der Waals surface area contributed by atoms with E-state index in [-0.39, 0.29) is 0 Å². The molecule has 1 saturated heterocycles. The fourth-order valence-corrected chi connectivity index (χ4v) is 2.68. The summed E-state index contributed by atoms with van der Waals surface area (Å²) in [5, 5.41) is 3.24. The van der Waals surface area contributed by atoms with E-state index >= 15 is 0 Å². The molecule has 5 nitrogen and oxygen atoms in total. The van der Waals surface area contributed by atoms with Gasteiger partial charge in [-0.1, -0.05) is 13.0 Å². The number of piperidine rings is 1. The summed E-state index contributed by atoms with van der Waals surface area (Å²) in [6, 6.07) is 7.88. The van der Waals surface area contributed by atoms with Crippen molar-refractivity contribution in [3.63, 3.8) is 0 Å². The van der Waals surface area contributed by atoms with Crippen molar-refractivity contribution in [1.29, 1.82) is 0 Å². The van der Waals surface area contributed by atoms with E-state index in [0.29, 0.717) is 12.5 Å². The molecule has 3 heterocycles. The molecule has 0 spiro atoms. The minimum absolute atomic E-state index is 0.640. The zero-order chi connectivity index (χ0) is 14.5. The third-order valence-electron chi connectivity index (χ3n) is 3.78. The zero-order valence-corrected chi connectivity index (χ0v) is 12.4. The molecule has 2 aromatic heterocycles. The Morgan fingerprint density at radius 1 is 1.24 bits per heavy atom. The van der Waals surface area contributed by atoms with Crippen LogP contribution in [0.5, 0.6) is 0 Å². The maximum Gasteiger partial charge on any atom is 0.224 e. The molecule has 1 aliphatic heterocycles. The molecule has 3 rings (SSSR count). The lowest BCUT2D eigenvalue weighted by atomic mass is 10.0. The molecule has 0 radical (unpaired) electrons. The molecule has 0 bridgehead atoms. The van der Waals surface area contributed by atoms with Crippen molar-refractivity contribution in [2.75, 3.05) is 23.3 Å². The standard InChI is InChI=1S/C16H21N5/c1-13-5-4-10-21(12-13)15-7-9-18-16(20-15)19-11-14-6-2-3-8-17-14/h2-3,6-9,13H,4-5,10-12H2,1H3,(H,18,19,20). The molecule has 0 aromatic carbocycles. The van der Waals surface area contributed by atoms with Crippen molar-refractivity contribution in [2.45, 2.75) is 26.3 Å². The summed E-state index contributed by atoms with van der Waals surface area (Å²) in [7, 11) is 0. The number of aromatic nitrogens is 3. The van der Waals surface area contributed by atoms with Crippen LogP contribution in [0.3, 0.4) is 0 Å². The van der Waals surface area contributed by atoms with Gasteiger partial charge in [-0.05, 0) is 37.0 Å². The van der Waals surface area contributed by atoms with E-state index in [4.69, 9.17) is 0 Å². The molecular weight excluding hydrogens is 262 g/mol. The average molecular weight is 283 g/mol. The van der Waals surface area contributed by atoms with Crippen LogP contribution >= 0.6 is 0 Å². The molecule has 1 fully saturated rings. The first kappa shape index (κ1) is 13.8. The van der Waals surface area contributed by atoms with Gasteiger partial charge in [0.05, 0.1) is 12.2 Å². The number of hydrogen-bond acceptors (Lipinski definition) is 5. The van der Waals surface area contributed by atoms with Crippen LogP contribution in [0.25, 0.3) is 0 Å². The van der Waals surface area contributed by atoms with Crippen LogP contribution < -0.4 is 10.2 Å². The Hall–Kier alpha value is -2.17. The van der Waals surface area contributed by atoms with E-state index in [1.165, 1.54) is 12.8 Å². The molecule has 21 heavy (non-hydrogen) atoms. The lowest BCUT2D eigenvalue weighted by Crippen LogP contribution is -2.34. The van der Waals surface area contributed by atoms with E-state index in [1.54, 1.807) is 6.20 Å². The lowest BCUT2D eigenvalue weighted by molar-refractivity contribution is 0.444. The van der Waals surface area contributed by atoms with E-state index in [1.807, 2.05) is 30.5 Å². The van der Waals surface area contributed by atoms with Crippen LogP contribution in [0.4, 0.5) is 11.8 Å². The third kappa shape index (κ3) is 3.68. The van der Waals surface area contributed by atoms with Gasteiger partial charge in [0, 0.05) is 25.5 Å². The number of anilines is 2. The zero-order valence-electron chi connectivity index (χ0n) is 12.4. The Labute approximate surface area is 125 Å². The molecule has 0 aliphatic carbocycles. The highest BCUT2D eigenvalue weighted by Crippen LogP contribution is 2.21. The molecule has 1 aliphatic rings. The molecular formula is C16H21N5. The Balaban J connectivity index is 1.65. The summed E-state index contributed by atoms with van der Waals surface area (Å²) in [5.74, 6) is 2.41. The Morgan fingerprint density at radius 3 is 3.00 bits per heavy atom. The van der Waals surface area contributed by atoms with Gasteiger partial charge in [0.15, 0.2) is 0 Å². The number of nitrogens with zero attached hydrogens (tertiary/aromatic N) is 4. The Kier molecular flexibility index (Phi) is 4.28. The second-order valence-electron chi connectivity index (χ2n) is 5.61. The maximum absolute atomic E-state index is 4.62. The van der Waals surface area contributed by atoms with Crippen LogP contribution in [0.1, 0.15) is 25.5 Å². The van der Waals surface area contributed by atoms with Crippen LogP contribution in [0.2, 0.25) is 0 Å². The summed E-state index contributed by atoms with van der Waals surface area (Å²) >= 11 is 0. The van der Waals surface area contributed by atoms with E-state index in [2.05, 4.69) is 32.1 Å². The van der Waals surface area contributed by atoms with Gasteiger partial charge in [0.25, 0.3) is 0 Å². The van der Waals surface area contributed by atoms with Crippen molar-refractivity contribution in [1.82, 2.24) is 15.0 Å². The number of rotatable bonds is 4. The molecule has 1 atom stereocenters. The average Bonchev–Trinajstić information content (AvgIpc) is 2.54. The van der Waals surface area contributed by atoms with Crippen LogP contribution in [-0.2, 0) is 6.54 Å². The first-order chi connectivity index (χ1) is 10.3. The Bertz CT molecular complexity index is 572. The summed E-state index contributed by atoms with van der Waals surface area (Å²) in [6.07, 6.45) is 6.17. The molecule has 0 saturated carbocycles.